The highest BCUT2D eigenvalue weighted by Crippen LogP contribution is 2.29. The number of aliphatic imine (C=N–C) groups is 1. The molecule has 0 spiro atoms. The van der Waals surface area contributed by atoms with Crippen molar-refractivity contribution < 1.29 is 13.9 Å². The minimum Gasteiger partial charge on any atom is -0.467 e. The molecule has 0 fully saturated rings. The van der Waals surface area contributed by atoms with Crippen molar-refractivity contribution in [2.24, 2.45) is 4.99 Å². The Labute approximate surface area is 156 Å². The van der Waals surface area contributed by atoms with Crippen molar-refractivity contribution >= 4 is 17.3 Å². The number of rotatable bonds is 5. The lowest BCUT2D eigenvalue weighted by molar-refractivity contribution is -0.0172. The number of hydrogen-bond acceptors (Lipinski definition) is 5. The first-order valence-electron chi connectivity index (χ1n) is 8.46. The fraction of sp³-hybridized carbons (Fsp3) is 0.444. The Morgan fingerprint density at radius 3 is 2.92 bits per heavy atom. The van der Waals surface area contributed by atoms with Crippen LogP contribution in [0.1, 0.15) is 26.7 Å². The number of nitrogens with one attached hydrogen (secondary N) is 2. The van der Waals surface area contributed by atoms with Crippen LogP contribution in [0.3, 0.4) is 0 Å². The Morgan fingerprint density at radius 1 is 1.35 bits per heavy atom. The van der Waals surface area contributed by atoms with Crippen LogP contribution in [0, 0.1) is 19.7 Å². The van der Waals surface area contributed by atoms with Crippen molar-refractivity contribution in [2.75, 3.05) is 20.4 Å². The van der Waals surface area contributed by atoms with Crippen LogP contribution in [-0.4, -0.2) is 31.3 Å². The van der Waals surface area contributed by atoms with E-state index in [4.69, 9.17) is 9.47 Å². The predicted molar refractivity (Wildman–Crippen MR) is 100 cm³/mol. The molecule has 0 aliphatic carbocycles. The van der Waals surface area contributed by atoms with Gasteiger partial charge >= 0.3 is 0 Å². The Kier molecular flexibility index (Phi) is 6.05. The van der Waals surface area contributed by atoms with Crippen molar-refractivity contribution in [1.82, 2.24) is 15.6 Å². The van der Waals surface area contributed by atoms with E-state index in [1.54, 1.807) is 18.4 Å². The summed E-state index contributed by atoms with van der Waals surface area (Å²) in [5, 5.41) is 7.57. The van der Waals surface area contributed by atoms with Gasteiger partial charge in [-0.2, -0.15) is 0 Å². The van der Waals surface area contributed by atoms with Gasteiger partial charge in [0.05, 0.1) is 17.3 Å². The van der Waals surface area contributed by atoms with E-state index in [-0.39, 0.29) is 12.6 Å². The highest BCUT2D eigenvalue weighted by molar-refractivity contribution is 7.11. The second-order valence-electron chi connectivity index (χ2n) is 6.02. The Hall–Kier alpha value is -2.19. The standard InChI is InChI=1S/C18H23FN4O2S/c1-11-12(2)26-16(23-11)4-5-21-18(20-3)22-8-13-6-15(19)7-14-9-24-10-25-17(13)14/h6-7H,4-5,8-10H2,1-3H3,(H2,20,21,22). The monoisotopic (exact) mass is 378 g/mol. The van der Waals surface area contributed by atoms with Gasteiger partial charge in [0, 0.05) is 42.6 Å². The number of nitrogens with zero attached hydrogens (tertiary/aromatic N) is 2. The van der Waals surface area contributed by atoms with Crippen LogP contribution in [0.25, 0.3) is 0 Å². The molecular formula is C18H23FN4O2S. The van der Waals surface area contributed by atoms with Gasteiger partial charge in [-0.3, -0.25) is 4.99 Å². The lowest BCUT2D eigenvalue weighted by Gasteiger charge is -2.21. The number of aryl methyl sites for hydroxylation is 2. The van der Waals surface area contributed by atoms with Crippen molar-refractivity contribution in [2.45, 2.75) is 33.4 Å². The normalized spacial score (nSPS) is 13.9. The van der Waals surface area contributed by atoms with Crippen LogP contribution in [0.15, 0.2) is 17.1 Å². The zero-order chi connectivity index (χ0) is 18.5. The van der Waals surface area contributed by atoms with Gasteiger partial charge in [-0.25, -0.2) is 9.37 Å². The van der Waals surface area contributed by atoms with Crippen LogP contribution >= 0.6 is 11.3 Å². The maximum absolute atomic E-state index is 13.8. The fourth-order valence-electron chi connectivity index (χ4n) is 2.72. The van der Waals surface area contributed by atoms with Gasteiger partial charge in [-0.1, -0.05) is 0 Å². The number of ether oxygens (including phenoxy) is 2. The molecule has 0 radical (unpaired) electrons. The highest BCUT2D eigenvalue weighted by atomic mass is 32.1. The molecule has 0 atom stereocenters. The van der Waals surface area contributed by atoms with Gasteiger partial charge in [0.2, 0.25) is 0 Å². The summed E-state index contributed by atoms with van der Waals surface area (Å²) in [5.74, 6) is 1.04. The first-order valence-corrected chi connectivity index (χ1v) is 9.27. The number of fused-ring (bicyclic) bond motifs is 1. The third-order valence-corrected chi connectivity index (χ3v) is 5.26. The second kappa shape index (κ2) is 8.46. The average Bonchev–Trinajstić information content (AvgIpc) is 2.95. The molecule has 1 aliphatic rings. The lowest BCUT2D eigenvalue weighted by atomic mass is 10.1. The summed E-state index contributed by atoms with van der Waals surface area (Å²) in [6, 6.07) is 2.93. The van der Waals surface area contributed by atoms with E-state index in [1.165, 1.54) is 17.0 Å². The summed E-state index contributed by atoms with van der Waals surface area (Å²) >= 11 is 1.72. The van der Waals surface area contributed by atoms with E-state index >= 15 is 0 Å². The first kappa shape index (κ1) is 18.6. The van der Waals surface area contributed by atoms with Crippen LogP contribution in [-0.2, 0) is 24.3 Å². The molecule has 8 heteroatoms. The van der Waals surface area contributed by atoms with Crippen molar-refractivity contribution in [3.05, 3.63) is 44.7 Å². The Bertz CT molecular complexity index is 787. The number of benzene rings is 1. The van der Waals surface area contributed by atoms with Gasteiger partial charge in [-0.05, 0) is 26.0 Å². The van der Waals surface area contributed by atoms with Gasteiger partial charge in [0.15, 0.2) is 12.8 Å². The minimum atomic E-state index is -0.299. The molecule has 1 aliphatic heterocycles. The largest absolute Gasteiger partial charge is 0.467 e. The van der Waals surface area contributed by atoms with Gasteiger partial charge in [0.1, 0.15) is 11.6 Å². The molecule has 140 valence electrons. The zero-order valence-electron chi connectivity index (χ0n) is 15.2. The summed E-state index contributed by atoms with van der Waals surface area (Å²) < 4.78 is 24.5. The van der Waals surface area contributed by atoms with E-state index in [0.29, 0.717) is 24.9 Å². The molecule has 1 aromatic carbocycles. The predicted octanol–water partition coefficient (Wildman–Crippen LogP) is 2.67. The summed E-state index contributed by atoms with van der Waals surface area (Å²) in [6.45, 7) is 5.78. The highest BCUT2D eigenvalue weighted by Gasteiger charge is 2.17. The van der Waals surface area contributed by atoms with Gasteiger partial charge < -0.3 is 20.1 Å². The molecule has 2 N–H and O–H groups in total. The van der Waals surface area contributed by atoms with E-state index in [9.17, 15) is 4.39 Å². The van der Waals surface area contributed by atoms with Gasteiger partial charge in [0.25, 0.3) is 0 Å². The quantitative estimate of drug-likeness (QED) is 0.619. The van der Waals surface area contributed by atoms with Gasteiger partial charge in [-0.15, -0.1) is 11.3 Å². The SMILES string of the molecule is CN=C(NCCc1nc(C)c(C)s1)NCc1cc(F)cc2c1OCOC2. The molecular weight excluding hydrogens is 355 g/mol. The Morgan fingerprint density at radius 2 is 2.19 bits per heavy atom. The molecule has 0 saturated heterocycles. The van der Waals surface area contributed by atoms with Crippen molar-refractivity contribution in [3.8, 4) is 5.75 Å². The Balaban J connectivity index is 1.55. The van der Waals surface area contributed by atoms with E-state index < -0.39 is 0 Å². The average molecular weight is 378 g/mol. The molecule has 2 heterocycles. The summed E-state index contributed by atoms with van der Waals surface area (Å²) in [7, 11) is 1.71. The van der Waals surface area contributed by atoms with E-state index in [1.807, 2.05) is 6.92 Å². The molecule has 1 aromatic heterocycles. The smallest absolute Gasteiger partial charge is 0.191 e. The van der Waals surface area contributed by atoms with Crippen LogP contribution in [0.5, 0.6) is 5.75 Å². The molecule has 0 unspecified atom stereocenters. The van der Waals surface area contributed by atoms with Crippen molar-refractivity contribution in [1.29, 1.82) is 0 Å². The second-order valence-corrected chi connectivity index (χ2v) is 7.30. The fourth-order valence-corrected chi connectivity index (χ4v) is 3.65. The zero-order valence-corrected chi connectivity index (χ0v) is 16.0. The molecule has 0 bridgehead atoms. The van der Waals surface area contributed by atoms with Crippen LogP contribution in [0.2, 0.25) is 0 Å². The first-order chi connectivity index (χ1) is 12.6. The van der Waals surface area contributed by atoms with E-state index in [0.717, 1.165) is 34.8 Å². The summed E-state index contributed by atoms with van der Waals surface area (Å²) in [6.07, 6.45) is 0.829. The molecule has 2 aromatic rings. The number of aromatic nitrogens is 1. The number of halogens is 1. The molecule has 0 amide bonds. The van der Waals surface area contributed by atoms with Crippen molar-refractivity contribution in [3.63, 3.8) is 0 Å². The summed E-state index contributed by atoms with van der Waals surface area (Å²) in [4.78, 5) is 9.99. The molecule has 3 rings (SSSR count). The number of guanidine groups is 1. The maximum Gasteiger partial charge on any atom is 0.191 e. The third kappa shape index (κ3) is 4.50. The third-order valence-electron chi connectivity index (χ3n) is 4.13. The molecule has 0 saturated carbocycles. The minimum absolute atomic E-state index is 0.186. The number of hydrogen-bond donors (Lipinski definition) is 2. The molecule has 26 heavy (non-hydrogen) atoms. The topological polar surface area (TPSA) is 67.8 Å². The molecule has 6 nitrogen and oxygen atoms in total. The number of thiazole rings is 1. The summed E-state index contributed by atoms with van der Waals surface area (Å²) in [5.41, 5.74) is 2.57. The maximum atomic E-state index is 13.8. The van der Waals surface area contributed by atoms with Crippen LogP contribution in [0.4, 0.5) is 4.39 Å². The van der Waals surface area contributed by atoms with E-state index in [2.05, 4.69) is 27.5 Å². The lowest BCUT2D eigenvalue weighted by Crippen LogP contribution is -2.38. The van der Waals surface area contributed by atoms with Crippen LogP contribution < -0.4 is 15.4 Å².